The number of esters is 1. The quantitative estimate of drug-likeness (QED) is 0.318. The van der Waals surface area contributed by atoms with Gasteiger partial charge in [0, 0.05) is 24.9 Å². The molecule has 1 spiro atoms. The van der Waals surface area contributed by atoms with Crippen molar-refractivity contribution in [1.29, 1.82) is 0 Å². The topological polar surface area (TPSA) is 87.2 Å². The smallest absolute Gasteiger partial charge is 0.311 e. The Morgan fingerprint density at radius 2 is 1.95 bits per heavy atom. The highest BCUT2D eigenvalue weighted by Crippen LogP contribution is 2.61. The van der Waals surface area contributed by atoms with Gasteiger partial charge < -0.3 is 19.6 Å². The largest absolute Gasteiger partial charge is 0.465 e. The van der Waals surface area contributed by atoms with Crippen LogP contribution in [0.5, 0.6) is 0 Å². The van der Waals surface area contributed by atoms with Crippen LogP contribution in [0.1, 0.15) is 37.7 Å². The molecule has 1 unspecified atom stereocenters. The molecule has 5 atom stereocenters. The average Bonchev–Trinajstić information content (AvgIpc) is 3.23. The molecule has 1 N–H and O–H groups in total. The molecule has 1 aromatic carbocycles. The zero-order valence-electron chi connectivity index (χ0n) is 21.0. The van der Waals surface area contributed by atoms with Gasteiger partial charge in [0.15, 0.2) is 0 Å². The number of hydrogen-bond acceptors (Lipinski definition) is 6. The number of hydrogen-bond donors (Lipinski definition) is 1. The number of likely N-dealkylation sites (tertiary alicyclic amines) is 1. The van der Waals surface area contributed by atoms with Gasteiger partial charge in [0.2, 0.25) is 5.91 Å². The maximum atomic E-state index is 14.4. The number of aryl methyl sites for hydroxylation is 1. The monoisotopic (exact) mass is 544 g/mol. The highest BCUT2D eigenvalue weighted by Gasteiger charge is 2.71. The van der Waals surface area contributed by atoms with Gasteiger partial charge in [-0.05, 0) is 37.8 Å². The molecular weight excluding hydrogens is 512 g/mol. The summed E-state index contributed by atoms with van der Waals surface area (Å²) >= 11 is 8.14. The van der Waals surface area contributed by atoms with E-state index in [1.165, 1.54) is 0 Å². The number of carbonyl (C=O) groups excluding carboxylic acids is 3. The van der Waals surface area contributed by atoms with Gasteiger partial charge in [-0.3, -0.25) is 14.4 Å². The van der Waals surface area contributed by atoms with Crippen LogP contribution in [0.4, 0.5) is 5.69 Å². The molecule has 4 heterocycles. The second-order valence-corrected chi connectivity index (χ2v) is 12.0. The van der Waals surface area contributed by atoms with Gasteiger partial charge in [-0.1, -0.05) is 60.9 Å². The normalized spacial score (nSPS) is 30.9. The number of unbranched alkanes of at least 4 members (excludes halogenated alkanes) is 3. The Morgan fingerprint density at radius 3 is 2.73 bits per heavy atom. The van der Waals surface area contributed by atoms with E-state index in [1.807, 2.05) is 43.4 Å². The van der Waals surface area contributed by atoms with E-state index in [4.69, 9.17) is 21.4 Å². The zero-order chi connectivity index (χ0) is 26.2. The molecule has 198 valence electrons. The van der Waals surface area contributed by atoms with Crippen molar-refractivity contribution in [3.8, 4) is 0 Å². The molecule has 0 aliphatic carbocycles. The molecule has 9 heteroatoms. The van der Waals surface area contributed by atoms with Crippen LogP contribution in [-0.2, 0) is 19.1 Å². The molecule has 4 aliphatic heterocycles. The van der Waals surface area contributed by atoms with Crippen LogP contribution in [0.25, 0.3) is 0 Å². The summed E-state index contributed by atoms with van der Waals surface area (Å²) in [4.78, 5) is 45.1. The number of aliphatic hydroxyl groups excluding tert-OH is 1. The van der Waals surface area contributed by atoms with Gasteiger partial charge in [-0.2, -0.15) is 0 Å². The zero-order valence-corrected chi connectivity index (χ0v) is 22.5. The number of ether oxygens (including phenoxy) is 1. The van der Waals surface area contributed by atoms with E-state index < -0.39 is 22.6 Å². The van der Waals surface area contributed by atoms with Gasteiger partial charge in [-0.25, -0.2) is 0 Å². The molecule has 4 aliphatic rings. The van der Waals surface area contributed by atoms with Gasteiger partial charge in [-0.15, -0.1) is 11.8 Å². The second-order valence-electron chi connectivity index (χ2n) is 10.2. The van der Waals surface area contributed by atoms with E-state index in [1.54, 1.807) is 27.6 Å². The number of anilines is 1. The van der Waals surface area contributed by atoms with Crippen molar-refractivity contribution in [2.45, 2.75) is 55.1 Å². The number of thioether (sulfide) groups is 1. The molecule has 2 saturated heterocycles. The van der Waals surface area contributed by atoms with E-state index in [9.17, 15) is 14.4 Å². The van der Waals surface area contributed by atoms with Gasteiger partial charge >= 0.3 is 5.97 Å². The first-order chi connectivity index (χ1) is 17.9. The van der Waals surface area contributed by atoms with Crippen LogP contribution in [-0.4, -0.2) is 70.1 Å². The fourth-order valence-corrected chi connectivity index (χ4v) is 8.59. The number of carbonyl (C=O) groups is 3. The van der Waals surface area contributed by atoms with Crippen LogP contribution in [0, 0.1) is 18.8 Å². The Morgan fingerprint density at radius 1 is 1.14 bits per heavy atom. The lowest BCUT2D eigenvalue weighted by Crippen LogP contribution is -2.53. The Hall–Kier alpha value is -2.29. The summed E-state index contributed by atoms with van der Waals surface area (Å²) in [5.74, 6) is -2.00. The van der Waals surface area contributed by atoms with Crippen molar-refractivity contribution in [3.63, 3.8) is 0 Å². The van der Waals surface area contributed by atoms with Crippen LogP contribution in [0.2, 0.25) is 5.02 Å². The number of amides is 2. The van der Waals surface area contributed by atoms with Crippen molar-refractivity contribution < 1.29 is 24.2 Å². The van der Waals surface area contributed by atoms with Crippen molar-refractivity contribution in [2.24, 2.45) is 11.8 Å². The minimum Gasteiger partial charge on any atom is -0.465 e. The molecule has 2 amide bonds. The van der Waals surface area contributed by atoms with Gasteiger partial charge in [0.1, 0.15) is 6.04 Å². The number of halogens is 1. The fraction of sp³-hybridized carbons (Fsp3) is 0.536. The summed E-state index contributed by atoms with van der Waals surface area (Å²) in [6.07, 6.45) is 11.8. The molecule has 5 rings (SSSR count). The average molecular weight is 545 g/mol. The Labute approximate surface area is 226 Å². The van der Waals surface area contributed by atoms with Crippen LogP contribution in [0.15, 0.2) is 42.5 Å². The predicted octanol–water partition coefficient (Wildman–Crippen LogP) is 3.90. The van der Waals surface area contributed by atoms with E-state index in [0.717, 1.165) is 24.8 Å². The Bertz CT molecular complexity index is 1120. The first-order valence-corrected chi connectivity index (χ1v) is 14.3. The standard InChI is InChI=1S/C28H33ClN2O5S/c1-18-10-8-11-19(29)23(18)30-15-9-13-28-22(21-20(37-28)12-4-7-17-36-27(21)35)25(33)31(24(28)26(30)34)14-5-2-3-6-16-32/h4,8-13,20-22,24,32H,2-3,5-7,14-17H2,1H3/t20-,21+,22+,24?,28+/m1/s1. The van der Waals surface area contributed by atoms with Crippen LogP contribution in [0.3, 0.4) is 0 Å². The van der Waals surface area contributed by atoms with Crippen molar-refractivity contribution in [3.05, 3.63) is 53.1 Å². The van der Waals surface area contributed by atoms with Crippen molar-refractivity contribution in [1.82, 2.24) is 4.90 Å². The predicted molar refractivity (Wildman–Crippen MR) is 145 cm³/mol. The number of rotatable bonds is 7. The van der Waals surface area contributed by atoms with Gasteiger partial charge in [0.25, 0.3) is 5.91 Å². The number of cyclic esters (lactones) is 1. The number of fused-ring (bicyclic) bond motifs is 2. The molecule has 37 heavy (non-hydrogen) atoms. The molecular formula is C28H33ClN2O5S. The van der Waals surface area contributed by atoms with Crippen LogP contribution >= 0.6 is 23.4 Å². The first kappa shape index (κ1) is 26.3. The Kier molecular flexibility index (Phi) is 7.70. The van der Waals surface area contributed by atoms with E-state index in [0.29, 0.717) is 43.2 Å². The maximum absolute atomic E-state index is 14.4. The van der Waals surface area contributed by atoms with E-state index in [-0.39, 0.29) is 29.6 Å². The van der Waals surface area contributed by atoms with E-state index >= 15 is 0 Å². The molecule has 0 bridgehead atoms. The van der Waals surface area contributed by atoms with Crippen molar-refractivity contribution in [2.75, 3.05) is 31.2 Å². The maximum Gasteiger partial charge on any atom is 0.311 e. The molecule has 7 nitrogen and oxygen atoms in total. The SMILES string of the molecule is Cc1cccc(Cl)c1N1CC=C[C@]23S[C@@H]4C=CCCOC(=O)[C@@H]4[C@H]2C(=O)N(CCCCCCO)C3C1=O. The number of benzene rings is 1. The first-order valence-electron chi connectivity index (χ1n) is 13.1. The van der Waals surface area contributed by atoms with E-state index in [2.05, 4.69) is 0 Å². The summed E-state index contributed by atoms with van der Waals surface area (Å²) in [7, 11) is 0. The summed E-state index contributed by atoms with van der Waals surface area (Å²) in [6.45, 7) is 3.12. The fourth-order valence-electron chi connectivity index (χ4n) is 6.26. The lowest BCUT2D eigenvalue weighted by atomic mass is 9.78. The molecule has 0 saturated carbocycles. The minimum atomic E-state index is -0.869. The minimum absolute atomic E-state index is 0.140. The van der Waals surface area contributed by atoms with Crippen molar-refractivity contribution >= 4 is 46.8 Å². The molecule has 0 radical (unpaired) electrons. The van der Waals surface area contributed by atoms with Gasteiger partial charge in [0.05, 0.1) is 33.9 Å². The molecule has 0 aromatic heterocycles. The molecule has 2 fully saturated rings. The third-order valence-corrected chi connectivity index (χ3v) is 9.94. The third-order valence-electron chi connectivity index (χ3n) is 7.89. The summed E-state index contributed by atoms with van der Waals surface area (Å²) in [5.41, 5.74) is 1.54. The Balaban J connectivity index is 1.56. The highest BCUT2D eigenvalue weighted by atomic mass is 35.5. The number of para-hydroxylation sites is 1. The lowest BCUT2D eigenvalue weighted by Gasteiger charge is -2.35. The molecule has 1 aromatic rings. The number of nitrogens with zero attached hydrogens (tertiary/aromatic N) is 2. The van der Waals surface area contributed by atoms with Crippen LogP contribution < -0.4 is 4.90 Å². The third kappa shape index (κ3) is 4.51. The highest BCUT2D eigenvalue weighted by molar-refractivity contribution is 8.02. The summed E-state index contributed by atoms with van der Waals surface area (Å²) in [6, 6.07) is 4.80. The lowest BCUT2D eigenvalue weighted by molar-refractivity contribution is -0.153. The summed E-state index contributed by atoms with van der Waals surface area (Å²) in [5, 5.41) is 9.38. The summed E-state index contributed by atoms with van der Waals surface area (Å²) < 4.78 is 4.67. The number of aliphatic hydroxyl groups is 1. The second kappa shape index (κ2) is 10.8.